The van der Waals surface area contributed by atoms with E-state index in [1.165, 1.54) is 24.3 Å². The average molecular weight is 444 g/mol. The zero-order valence-electron chi connectivity index (χ0n) is 17.6. The molecule has 0 spiro atoms. The second kappa shape index (κ2) is 9.17. The van der Waals surface area contributed by atoms with Crippen LogP contribution in [0.2, 0.25) is 0 Å². The quantitative estimate of drug-likeness (QED) is 0.485. The van der Waals surface area contributed by atoms with Crippen LogP contribution >= 0.6 is 0 Å². The Morgan fingerprint density at radius 3 is 2.45 bits per heavy atom. The first-order chi connectivity index (χ1) is 14.7. The number of aromatic nitrogens is 2. The SMILES string of the molecule is CCCCNC(=O)NS(=O)(=O)c1ccc(NC(=O)c2c(C)nc3ccc(C)cn23)cc1. The van der Waals surface area contributed by atoms with Gasteiger partial charge in [-0.2, -0.15) is 0 Å². The summed E-state index contributed by atoms with van der Waals surface area (Å²) in [5.41, 5.74) is 3.05. The molecule has 31 heavy (non-hydrogen) atoms. The van der Waals surface area contributed by atoms with Crippen LogP contribution < -0.4 is 15.4 Å². The minimum absolute atomic E-state index is 0.0854. The molecule has 3 amide bonds. The van der Waals surface area contributed by atoms with Crippen LogP contribution in [0, 0.1) is 13.8 Å². The van der Waals surface area contributed by atoms with Crippen LogP contribution in [-0.4, -0.2) is 36.3 Å². The van der Waals surface area contributed by atoms with Gasteiger partial charge in [-0.3, -0.25) is 9.20 Å². The van der Waals surface area contributed by atoms with Crippen LogP contribution in [0.1, 0.15) is 41.5 Å². The van der Waals surface area contributed by atoms with Gasteiger partial charge < -0.3 is 10.6 Å². The highest BCUT2D eigenvalue weighted by Crippen LogP contribution is 2.18. The molecule has 2 aromatic heterocycles. The Bertz CT molecular complexity index is 1220. The van der Waals surface area contributed by atoms with Crippen molar-refractivity contribution in [2.45, 2.75) is 38.5 Å². The predicted octanol–water partition coefficient (Wildman–Crippen LogP) is 2.99. The predicted molar refractivity (Wildman–Crippen MR) is 118 cm³/mol. The Kier molecular flexibility index (Phi) is 6.59. The van der Waals surface area contributed by atoms with Gasteiger partial charge in [-0.15, -0.1) is 0 Å². The Morgan fingerprint density at radius 1 is 1.06 bits per heavy atom. The number of benzene rings is 1. The number of aryl methyl sites for hydroxylation is 2. The number of nitrogens with one attached hydrogen (secondary N) is 3. The molecule has 10 heteroatoms. The van der Waals surface area contributed by atoms with Crippen molar-refractivity contribution in [3.63, 3.8) is 0 Å². The van der Waals surface area contributed by atoms with Crippen molar-refractivity contribution in [2.75, 3.05) is 11.9 Å². The summed E-state index contributed by atoms with van der Waals surface area (Å²) >= 11 is 0. The lowest BCUT2D eigenvalue weighted by molar-refractivity contribution is 0.102. The molecule has 2 heterocycles. The summed E-state index contributed by atoms with van der Waals surface area (Å²) in [4.78, 5) is 28.9. The Labute approximate surface area is 180 Å². The summed E-state index contributed by atoms with van der Waals surface area (Å²) in [7, 11) is -4.01. The van der Waals surface area contributed by atoms with Gasteiger partial charge in [0.25, 0.3) is 15.9 Å². The van der Waals surface area contributed by atoms with E-state index < -0.39 is 16.1 Å². The zero-order chi connectivity index (χ0) is 22.6. The molecule has 0 radical (unpaired) electrons. The molecule has 0 aliphatic carbocycles. The molecule has 0 bridgehead atoms. The number of fused-ring (bicyclic) bond motifs is 1. The Hall–Kier alpha value is -3.40. The van der Waals surface area contributed by atoms with Crippen LogP contribution in [0.5, 0.6) is 0 Å². The van der Waals surface area contributed by atoms with Gasteiger partial charge in [0.15, 0.2) is 0 Å². The lowest BCUT2D eigenvalue weighted by Gasteiger charge is -2.10. The van der Waals surface area contributed by atoms with Crippen LogP contribution in [0.15, 0.2) is 47.5 Å². The van der Waals surface area contributed by atoms with Gasteiger partial charge in [0, 0.05) is 18.4 Å². The van der Waals surface area contributed by atoms with Crippen molar-refractivity contribution < 1.29 is 18.0 Å². The van der Waals surface area contributed by atoms with Gasteiger partial charge in [-0.1, -0.05) is 19.4 Å². The van der Waals surface area contributed by atoms with E-state index in [1.54, 1.807) is 11.3 Å². The number of hydrogen-bond acceptors (Lipinski definition) is 5. The van der Waals surface area contributed by atoms with E-state index in [2.05, 4.69) is 15.6 Å². The molecule has 0 unspecified atom stereocenters. The van der Waals surface area contributed by atoms with E-state index in [4.69, 9.17) is 0 Å². The molecule has 3 aromatic rings. The summed E-state index contributed by atoms with van der Waals surface area (Å²) in [6.45, 7) is 6.04. The van der Waals surface area contributed by atoms with E-state index in [-0.39, 0.29) is 10.8 Å². The smallest absolute Gasteiger partial charge is 0.328 e. The second-order valence-corrected chi connectivity index (χ2v) is 8.86. The van der Waals surface area contributed by atoms with Gasteiger partial charge in [0.05, 0.1) is 10.6 Å². The van der Waals surface area contributed by atoms with Crippen molar-refractivity contribution in [1.29, 1.82) is 0 Å². The fraction of sp³-hybridized carbons (Fsp3) is 0.286. The summed E-state index contributed by atoms with van der Waals surface area (Å²) in [6.07, 6.45) is 3.47. The van der Waals surface area contributed by atoms with Gasteiger partial charge in [0.1, 0.15) is 11.3 Å². The monoisotopic (exact) mass is 443 g/mol. The van der Waals surface area contributed by atoms with Crippen molar-refractivity contribution in [1.82, 2.24) is 19.4 Å². The molecule has 0 aliphatic rings. The van der Waals surface area contributed by atoms with E-state index in [1.807, 2.05) is 36.9 Å². The molecule has 1 aromatic carbocycles. The maximum absolute atomic E-state index is 12.8. The molecule has 164 valence electrons. The normalized spacial score (nSPS) is 11.3. The Balaban J connectivity index is 1.72. The lowest BCUT2D eigenvalue weighted by atomic mass is 10.2. The summed E-state index contributed by atoms with van der Waals surface area (Å²) < 4.78 is 28.4. The number of pyridine rings is 1. The summed E-state index contributed by atoms with van der Waals surface area (Å²) in [6, 6.07) is 8.55. The number of hydrogen-bond donors (Lipinski definition) is 3. The number of imidazole rings is 1. The lowest BCUT2D eigenvalue weighted by Crippen LogP contribution is -2.39. The number of carbonyl (C=O) groups is 2. The molecular formula is C21H25N5O4S. The van der Waals surface area contributed by atoms with Crippen molar-refractivity contribution in [3.05, 3.63) is 59.5 Å². The summed E-state index contributed by atoms with van der Waals surface area (Å²) in [5, 5.41) is 5.25. The third kappa shape index (κ3) is 5.21. The number of sulfonamides is 1. The number of rotatable bonds is 7. The highest BCUT2D eigenvalue weighted by molar-refractivity contribution is 7.90. The van der Waals surface area contributed by atoms with Crippen molar-refractivity contribution >= 4 is 33.3 Å². The molecule has 0 aliphatic heterocycles. The van der Waals surface area contributed by atoms with Crippen LogP contribution in [0.4, 0.5) is 10.5 Å². The molecule has 0 saturated heterocycles. The third-order valence-corrected chi connectivity index (χ3v) is 5.97. The van der Waals surface area contributed by atoms with Gasteiger partial charge in [0.2, 0.25) is 0 Å². The number of anilines is 1. The standard InChI is InChI=1S/C21H25N5O4S/c1-4-5-12-22-21(28)25-31(29,30)17-9-7-16(8-10-17)24-20(27)19-15(3)23-18-11-6-14(2)13-26(18)19/h6-11,13H,4-5,12H2,1-3H3,(H,24,27)(H2,22,25,28). The number of carbonyl (C=O) groups excluding carboxylic acids is 2. The fourth-order valence-corrected chi connectivity index (χ4v) is 3.97. The van der Waals surface area contributed by atoms with E-state index in [0.29, 0.717) is 29.3 Å². The highest BCUT2D eigenvalue weighted by atomic mass is 32.2. The number of nitrogens with zero attached hydrogens (tertiary/aromatic N) is 2. The van der Waals surface area contributed by atoms with E-state index in [0.717, 1.165) is 18.4 Å². The Morgan fingerprint density at radius 2 is 1.77 bits per heavy atom. The molecule has 0 saturated carbocycles. The maximum atomic E-state index is 12.8. The molecule has 9 nitrogen and oxygen atoms in total. The van der Waals surface area contributed by atoms with Crippen molar-refractivity contribution in [3.8, 4) is 0 Å². The molecule has 0 fully saturated rings. The number of unbranched alkanes of at least 4 members (excludes halogenated alkanes) is 1. The van der Waals surface area contributed by atoms with Gasteiger partial charge in [-0.05, 0) is 56.2 Å². The molecule has 0 atom stereocenters. The van der Waals surface area contributed by atoms with Gasteiger partial charge in [-0.25, -0.2) is 22.9 Å². The van der Waals surface area contributed by atoms with Crippen LogP contribution in [0.25, 0.3) is 5.65 Å². The second-order valence-electron chi connectivity index (χ2n) is 7.17. The first-order valence-corrected chi connectivity index (χ1v) is 11.4. The number of amides is 3. The molecular weight excluding hydrogens is 418 g/mol. The van der Waals surface area contributed by atoms with E-state index >= 15 is 0 Å². The minimum atomic E-state index is -4.01. The van der Waals surface area contributed by atoms with E-state index in [9.17, 15) is 18.0 Å². The number of urea groups is 1. The first-order valence-electron chi connectivity index (χ1n) is 9.88. The minimum Gasteiger partial charge on any atom is -0.337 e. The highest BCUT2D eigenvalue weighted by Gasteiger charge is 2.19. The van der Waals surface area contributed by atoms with Gasteiger partial charge >= 0.3 is 6.03 Å². The average Bonchev–Trinajstić information content (AvgIpc) is 3.03. The van der Waals surface area contributed by atoms with Crippen LogP contribution in [0.3, 0.4) is 0 Å². The first kappa shape index (κ1) is 22.3. The largest absolute Gasteiger partial charge is 0.337 e. The molecule has 3 N–H and O–H groups in total. The summed E-state index contributed by atoms with van der Waals surface area (Å²) in [5.74, 6) is -0.361. The third-order valence-electron chi connectivity index (χ3n) is 4.62. The topological polar surface area (TPSA) is 122 Å². The maximum Gasteiger partial charge on any atom is 0.328 e. The van der Waals surface area contributed by atoms with Crippen LogP contribution in [-0.2, 0) is 10.0 Å². The van der Waals surface area contributed by atoms with Crippen molar-refractivity contribution in [2.24, 2.45) is 0 Å². The zero-order valence-corrected chi connectivity index (χ0v) is 18.4. The fourth-order valence-electron chi connectivity index (χ4n) is 3.05. The molecule has 3 rings (SSSR count).